The fourth-order valence-electron chi connectivity index (χ4n) is 3.37. The van der Waals surface area contributed by atoms with E-state index in [0.29, 0.717) is 11.0 Å². The second kappa shape index (κ2) is 7.47. The van der Waals surface area contributed by atoms with Gasteiger partial charge in [-0.25, -0.2) is 28.1 Å². The third kappa shape index (κ3) is 4.44. The minimum atomic E-state index is -2.72. The zero-order valence-corrected chi connectivity index (χ0v) is 16.8. The molecule has 0 atom stereocenters. The molecule has 3 heterocycles. The maximum atomic E-state index is 14.6. The highest BCUT2D eigenvalue weighted by Gasteiger charge is 2.45. The molecule has 1 aliphatic rings. The van der Waals surface area contributed by atoms with Crippen LogP contribution in [0.3, 0.4) is 0 Å². The summed E-state index contributed by atoms with van der Waals surface area (Å²) >= 11 is 0. The van der Waals surface area contributed by atoms with E-state index in [-0.39, 0.29) is 42.1 Å². The summed E-state index contributed by atoms with van der Waals surface area (Å²) < 4.78 is 54.4. The summed E-state index contributed by atoms with van der Waals surface area (Å²) in [6.45, 7) is 2.72. The van der Waals surface area contributed by atoms with Crippen molar-refractivity contribution in [1.29, 1.82) is 0 Å². The molecule has 0 radical (unpaired) electrons. The molecule has 3 aromatic heterocycles. The van der Waals surface area contributed by atoms with E-state index in [9.17, 15) is 22.4 Å². The average Bonchev–Trinajstić information content (AvgIpc) is 3.08. The van der Waals surface area contributed by atoms with Crippen molar-refractivity contribution in [2.45, 2.75) is 44.3 Å². The number of hydrogen-bond acceptors (Lipinski definition) is 6. The van der Waals surface area contributed by atoms with E-state index in [1.807, 2.05) is 0 Å². The molecule has 4 rings (SSSR count). The quantitative estimate of drug-likeness (QED) is 0.293. The van der Waals surface area contributed by atoms with Crippen LogP contribution in [-0.4, -0.2) is 49.9 Å². The van der Waals surface area contributed by atoms with Gasteiger partial charge in [0.05, 0.1) is 16.5 Å². The number of aromatic amines is 1. The van der Waals surface area contributed by atoms with Crippen LogP contribution in [0.15, 0.2) is 24.7 Å². The Morgan fingerprint density at radius 1 is 1.26 bits per heavy atom. The predicted octanol–water partition coefficient (Wildman–Crippen LogP) is 4.09. The molecule has 1 aliphatic carbocycles. The van der Waals surface area contributed by atoms with Gasteiger partial charge in [-0.3, -0.25) is 4.79 Å². The summed E-state index contributed by atoms with van der Waals surface area (Å²) in [5.74, 6) is -4.11. The molecular weight excluding hydrogens is 416 g/mol. The van der Waals surface area contributed by atoms with Gasteiger partial charge >= 0.3 is 0 Å². The summed E-state index contributed by atoms with van der Waals surface area (Å²) in [5.41, 5.74) is -1.41. The molecule has 164 valence electrons. The molecule has 0 aromatic carbocycles. The Hall–Kier alpha value is -3.24. The Kier molecular flexibility index (Phi) is 5.06. The van der Waals surface area contributed by atoms with E-state index in [1.165, 1.54) is 38.5 Å². The SMILES string of the molecule is CC(C)(F)CNc1ncnc2[nH]cc(C(=O)c3ccc(NC4CC(F)(F)C4)nc3F)c12. The number of H-pyrrole nitrogens is 1. The van der Waals surface area contributed by atoms with Crippen LogP contribution in [0.1, 0.15) is 42.6 Å². The fourth-order valence-corrected chi connectivity index (χ4v) is 3.37. The fraction of sp³-hybridized carbons (Fsp3) is 0.400. The molecular formula is C20H20F4N6O. The first kappa shape index (κ1) is 21.0. The zero-order chi connectivity index (χ0) is 22.4. The number of anilines is 2. The van der Waals surface area contributed by atoms with Crippen molar-refractivity contribution >= 4 is 28.5 Å². The number of hydrogen-bond donors (Lipinski definition) is 3. The molecule has 7 nitrogen and oxygen atoms in total. The third-order valence-corrected chi connectivity index (χ3v) is 4.93. The van der Waals surface area contributed by atoms with E-state index >= 15 is 0 Å². The monoisotopic (exact) mass is 436 g/mol. The highest BCUT2D eigenvalue weighted by molar-refractivity contribution is 6.18. The maximum absolute atomic E-state index is 14.6. The Labute approximate surface area is 174 Å². The first-order valence-electron chi connectivity index (χ1n) is 9.63. The van der Waals surface area contributed by atoms with Crippen LogP contribution in [0.5, 0.6) is 0 Å². The van der Waals surface area contributed by atoms with Crippen LogP contribution in [0.4, 0.5) is 29.2 Å². The molecule has 3 aromatic rings. The van der Waals surface area contributed by atoms with Gasteiger partial charge in [0.2, 0.25) is 5.95 Å². The standard InChI is InChI=1S/C20H20F4N6O/c1-19(2,22)8-26-18-14-12(7-25-17(14)27-9-28-18)15(31)11-3-4-13(30-16(11)21)29-10-5-20(23,24)6-10/h3-4,7,9-10H,5-6,8H2,1-2H3,(H,29,30)(H2,25,26,27,28). The molecule has 31 heavy (non-hydrogen) atoms. The number of rotatable bonds is 7. The minimum absolute atomic E-state index is 0.0611. The summed E-state index contributed by atoms with van der Waals surface area (Å²) in [6, 6.07) is 2.11. The van der Waals surface area contributed by atoms with Gasteiger partial charge < -0.3 is 15.6 Å². The predicted molar refractivity (Wildman–Crippen MR) is 107 cm³/mol. The van der Waals surface area contributed by atoms with Gasteiger partial charge in [-0.2, -0.15) is 4.39 Å². The lowest BCUT2D eigenvalue weighted by Crippen LogP contribution is -2.44. The molecule has 11 heteroatoms. The largest absolute Gasteiger partial charge is 0.367 e. The highest BCUT2D eigenvalue weighted by atomic mass is 19.3. The zero-order valence-electron chi connectivity index (χ0n) is 16.8. The van der Waals surface area contributed by atoms with Gasteiger partial charge in [-0.1, -0.05) is 0 Å². The van der Waals surface area contributed by atoms with Crippen LogP contribution in [0.2, 0.25) is 0 Å². The van der Waals surface area contributed by atoms with Crippen LogP contribution >= 0.6 is 0 Å². The second-order valence-corrected chi connectivity index (χ2v) is 8.19. The first-order valence-corrected chi connectivity index (χ1v) is 9.63. The third-order valence-electron chi connectivity index (χ3n) is 4.93. The number of ketones is 1. The number of aromatic nitrogens is 4. The molecule has 0 bridgehead atoms. The molecule has 0 amide bonds. The van der Waals surface area contributed by atoms with Gasteiger partial charge in [0.1, 0.15) is 29.3 Å². The van der Waals surface area contributed by atoms with Crippen molar-refractivity contribution in [3.8, 4) is 0 Å². The molecule has 0 saturated heterocycles. The average molecular weight is 436 g/mol. The smallest absolute Gasteiger partial charge is 0.252 e. The lowest BCUT2D eigenvalue weighted by Gasteiger charge is -2.35. The number of halogens is 4. The van der Waals surface area contributed by atoms with Crippen molar-refractivity contribution in [2.24, 2.45) is 0 Å². The molecule has 0 spiro atoms. The number of alkyl halides is 3. The number of pyridine rings is 1. The Bertz CT molecular complexity index is 1130. The summed E-state index contributed by atoms with van der Waals surface area (Å²) in [4.78, 5) is 27.6. The van der Waals surface area contributed by atoms with Crippen LogP contribution in [-0.2, 0) is 0 Å². The second-order valence-electron chi connectivity index (χ2n) is 8.19. The Balaban J connectivity index is 1.59. The van der Waals surface area contributed by atoms with Crippen molar-refractivity contribution in [2.75, 3.05) is 17.2 Å². The molecule has 1 saturated carbocycles. The molecule has 3 N–H and O–H groups in total. The van der Waals surface area contributed by atoms with Gasteiger partial charge in [0, 0.05) is 31.6 Å². The Morgan fingerprint density at radius 2 is 2.00 bits per heavy atom. The van der Waals surface area contributed by atoms with Gasteiger partial charge in [-0.05, 0) is 26.0 Å². The molecule has 1 fully saturated rings. The van der Waals surface area contributed by atoms with E-state index < -0.39 is 29.4 Å². The minimum Gasteiger partial charge on any atom is -0.367 e. The lowest BCUT2D eigenvalue weighted by atomic mass is 9.88. The summed E-state index contributed by atoms with van der Waals surface area (Å²) in [5, 5.41) is 5.88. The van der Waals surface area contributed by atoms with Crippen molar-refractivity contribution in [3.05, 3.63) is 41.7 Å². The van der Waals surface area contributed by atoms with E-state index in [4.69, 9.17) is 0 Å². The maximum Gasteiger partial charge on any atom is 0.252 e. The normalized spacial score (nSPS) is 16.2. The topological polar surface area (TPSA) is 95.6 Å². The van der Waals surface area contributed by atoms with Crippen LogP contribution in [0.25, 0.3) is 11.0 Å². The number of nitrogens with one attached hydrogen (secondary N) is 3. The van der Waals surface area contributed by atoms with Crippen LogP contribution < -0.4 is 10.6 Å². The number of carbonyl (C=O) groups excluding carboxylic acids is 1. The van der Waals surface area contributed by atoms with Gasteiger partial charge in [-0.15, -0.1) is 0 Å². The first-order chi connectivity index (χ1) is 14.5. The van der Waals surface area contributed by atoms with E-state index in [0.717, 1.165) is 0 Å². The number of fused-ring (bicyclic) bond motifs is 1. The molecule has 0 unspecified atom stereocenters. The molecule has 0 aliphatic heterocycles. The van der Waals surface area contributed by atoms with Gasteiger partial charge in [0.15, 0.2) is 5.78 Å². The number of nitrogens with zero attached hydrogens (tertiary/aromatic N) is 3. The van der Waals surface area contributed by atoms with Crippen LogP contribution in [0, 0.1) is 5.95 Å². The van der Waals surface area contributed by atoms with E-state index in [2.05, 4.69) is 30.6 Å². The van der Waals surface area contributed by atoms with Crippen molar-refractivity contribution < 1.29 is 22.4 Å². The highest BCUT2D eigenvalue weighted by Crippen LogP contribution is 2.39. The van der Waals surface area contributed by atoms with Crippen molar-refractivity contribution in [3.63, 3.8) is 0 Å². The van der Waals surface area contributed by atoms with E-state index in [1.54, 1.807) is 0 Å². The summed E-state index contributed by atoms with van der Waals surface area (Å²) in [6.07, 6.45) is 1.93. The van der Waals surface area contributed by atoms with Gasteiger partial charge in [0.25, 0.3) is 5.92 Å². The summed E-state index contributed by atoms with van der Waals surface area (Å²) in [7, 11) is 0. The van der Waals surface area contributed by atoms with Crippen molar-refractivity contribution in [1.82, 2.24) is 19.9 Å². The Morgan fingerprint density at radius 3 is 2.65 bits per heavy atom. The lowest BCUT2D eigenvalue weighted by molar-refractivity contribution is -0.0794. The number of carbonyl (C=O) groups is 1.